The number of H-pyrrole nitrogens is 2. The van der Waals surface area contributed by atoms with Gasteiger partial charge in [-0.05, 0) is 39.0 Å². The summed E-state index contributed by atoms with van der Waals surface area (Å²) >= 11 is 38.4. The Morgan fingerprint density at radius 1 is 0.401 bits per heavy atom. The minimum absolute atomic E-state index is 0.00795. The first-order chi connectivity index (χ1) is 69.5. The Labute approximate surface area is 861 Å². The molecule has 18 heterocycles. The number of aromatic amines is 2. The van der Waals surface area contributed by atoms with Gasteiger partial charge in [0.05, 0.1) is 108 Å². The van der Waals surface area contributed by atoms with Gasteiger partial charge < -0.3 is 172 Å². The molecular formula is C72H88N27O34P7S7-6. The SMILES string of the molecule is CC[C@H]1O[C@@H](n2cc(C)c(=O)[nH]c2=O)CC1OP(O)(=S)OC[C@H]1O[C@@H](n2cnc3c(N)ncnc32)CC1OP(=O)([S-])OC[C@H]1O[C@@H](n2cnc3c(N)ncnc32)[C@@H](O)C1OP([O-])(=S)OC[C@H]1O[C@@H](n2cc(C)c(N)nc2=O)CC1OP([O-])(=S)OC[C@H]1O[C@@H](n2cnc3c(N)ncnc32)CC1OP([O-])(=S)OC[C@H]1O[C@@H](n2cnc3c(N)ncnc32)CC1OP([O-])(=S)OC[C@H]1O[C@@H](n2cc(C)c(=O)[nH]c2=O)CC1OP([O-])(=S)OC. The summed E-state index contributed by atoms with van der Waals surface area (Å²) < 4.78 is 150. The Kier molecular flexibility index (Phi) is 32.8. The van der Waals surface area contributed by atoms with E-state index in [0.29, 0.717) is 6.42 Å². The summed E-state index contributed by atoms with van der Waals surface area (Å²) in [7, 11) is 1.03. The molecule has 11 aromatic rings. The zero-order chi connectivity index (χ0) is 105. The van der Waals surface area contributed by atoms with Gasteiger partial charge in [-0.15, -0.1) is 0 Å². The van der Waals surface area contributed by atoms with Crippen LogP contribution >= 0.6 is 47.1 Å². The molecule has 75 heteroatoms. The van der Waals surface area contributed by atoms with Crippen molar-refractivity contribution in [3.05, 3.63) is 138 Å². The second-order valence-electron chi connectivity index (χ2n) is 34.0. The number of nitrogens with one attached hydrogen (secondary N) is 2. The molecule has 0 amide bonds. The molecule has 0 saturated carbocycles. The van der Waals surface area contributed by atoms with Crippen LogP contribution in [0.2, 0.25) is 0 Å². The van der Waals surface area contributed by atoms with E-state index >= 15 is 9.79 Å². The molecule has 0 bridgehead atoms. The highest BCUT2D eigenvalue weighted by Crippen LogP contribution is 2.58. The number of rotatable bonds is 41. The lowest BCUT2D eigenvalue weighted by Crippen LogP contribution is -2.38. The molecule has 29 atom stereocenters. The smallest absolute Gasteiger partial charge is 0.351 e. The van der Waals surface area contributed by atoms with Crippen LogP contribution in [0.3, 0.4) is 0 Å². The number of nitrogens with two attached hydrogens (primary N) is 5. The lowest BCUT2D eigenvalue weighted by atomic mass is 10.1. The fraction of sp³-hybridized carbons (Fsp3) is 0.556. The van der Waals surface area contributed by atoms with Crippen LogP contribution in [0.5, 0.6) is 0 Å². The molecule has 0 radical (unpaired) electrons. The average molecular weight is 2320 g/mol. The number of hydrogen-bond acceptors (Lipinski definition) is 58. The van der Waals surface area contributed by atoms with Gasteiger partial charge in [0.2, 0.25) is 0 Å². The minimum atomic E-state index is -5.16. The minimum Gasteiger partial charge on any atom is -0.780 e. The van der Waals surface area contributed by atoms with Gasteiger partial charge in [-0.2, -0.15) is 4.98 Å². The van der Waals surface area contributed by atoms with Gasteiger partial charge in [-0.1, -0.05) is 66.0 Å². The summed E-state index contributed by atoms with van der Waals surface area (Å²) in [6.45, 7) is -32.2. The molecule has 0 aromatic carbocycles. The summed E-state index contributed by atoms with van der Waals surface area (Å²) in [6, 6.07) is 0. The maximum Gasteiger partial charge on any atom is 0.351 e. The van der Waals surface area contributed by atoms with Crippen LogP contribution in [0.1, 0.15) is 112 Å². The van der Waals surface area contributed by atoms with Crippen molar-refractivity contribution in [1.82, 2.24) is 107 Å². The van der Waals surface area contributed by atoms with Crippen LogP contribution in [0.4, 0.5) is 29.1 Å². The van der Waals surface area contributed by atoms with Crippen LogP contribution in [0.25, 0.3) is 44.7 Å². The number of aliphatic hydroxyl groups excluding tert-OH is 1. The van der Waals surface area contributed by atoms with E-state index in [1.807, 2.05) is 0 Å². The van der Waals surface area contributed by atoms with Gasteiger partial charge in [0.15, 0.2) is 58.9 Å². The van der Waals surface area contributed by atoms with E-state index in [-0.39, 0.29) is 123 Å². The molecule has 147 heavy (non-hydrogen) atoms. The molecular weight excluding hydrogens is 2230 g/mol. The Morgan fingerprint density at radius 3 is 1.10 bits per heavy atom. The predicted molar refractivity (Wildman–Crippen MR) is 520 cm³/mol. The Bertz CT molecular complexity index is 7510. The molecule has 7 aliphatic rings. The number of anilines is 5. The Morgan fingerprint density at radius 2 is 0.714 bits per heavy atom. The lowest BCUT2D eigenvalue weighted by molar-refractivity contribution is -0.221. The monoisotopic (exact) mass is 2320 g/mol. The maximum atomic E-state index is 15.1. The van der Waals surface area contributed by atoms with E-state index < -0.39 is 257 Å². The molecule has 14 unspecified atom stereocenters. The van der Waals surface area contributed by atoms with E-state index in [1.54, 1.807) is 6.92 Å². The van der Waals surface area contributed by atoms with E-state index in [0.717, 1.165) is 35.2 Å². The van der Waals surface area contributed by atoms with Gasteiger partial charge in [0, 0.05) is 80.9 Å². The molecule has 0 spiro atoms. The van der Waals surface area contributed by atoms with E-state index in [1.165, 1.54) is 93.8 Å². The van der Waals surface area contributed by atoms with Gasteiger partial charge in [0.25, 0.3) is 11.1 Å². The summed E-state index contributed by atoms with van der Waals surface area (Å²) in [5, 5.41) is 12.4. The normalized spacial score (nSPS) is 29.9. The third-order valence-electron chi connectivity index (χ3n) is 24.4. The molecule has 798 valence electrons. The van der Waals surface area contributed by atoms with Crippen LogP contribution in [0, 0.1) is 20.8 Å². The summed E-state index contributed by atoms with van der Waals surface area (Å²) in [6.07, 6.45) is -18.2. The zero-order valence-corrected chi connectivity index (χ0v) is 88.5. The van der Waals surface area contributed by atoms with Crippen LogP contribution < -0.4 is 81.3 Å². The molecule has 7 saturated heterocycles. The standard InChI is InChI=1S/C72H94N27O34P7S7/c1-6-33-34(7-46(120-33)94-14-31(3)67(101)91-71(94)104)128-135(107,142)114-17-42-39(12-51(123-42)98-28-88-54-61(76)80-24-84-65(54)98)132-139(111,146)119-21-45-57(56(100)69(126-45)99-29-89-55-62(77)81-25-85-66(55)99)133-140(112,147)118-20-41-36(9-47(122-41)93-13-30(2)58(73)90-70(93)103)129-136(108,143)116-18-43-38(11-50(124-43)97-27-87-53-60(75)79-23-83-64(53)97)131-138(110,145)117-19-44-37(10-49(125-44)96-26-86-52-59(74)78-22-82-63(52)96)130-137(109,144)115-16-40-35(127-134(106,141)113-5)8-48(121-40)95-15-32(4)68(102)92-72(95)105/h13-15,22-29,33-51,56-57,69,100H,6-12,16-21H2,1-5H3,(H,106,141)(H,107,142)(H,108,143)(H,109,144)(H,110,145)(H,111,146)(H,112,147)(H2,73,90,103)(H2,74,78,82)(H2,75,79,83)(H2,76,80,84)(H2,77,81,85)(H,91,101,104)(H,92,102,105)/p-6/t33-,34?,35?,36?,37?,38?,39?,40-,41-,42-,43-,44-,45-,46-,47-,48-,49-,50-,51-,56+,57?,69-,134?,135?,136?,137?,138?,139?,140?/m1/s1. The van der Waals surface area contributed by atoms with Crippen LogP contribution in [-0.4, -0.2) is 255 Å². The van der Waals surface area contributed by atoms with E-state index in [9.17, 15) is 53.2 Å². The molecule has 0 aliphatic carbocycles. The van der Waals surface area contributed by atoms with Crippen molar-refractivity contribution < 1.29 is 136 Å². The first-order valence-electron chi connectivity index (χ1n) is 43.9. The second kappa shape index (κ2) is 44.0. The molecule has 18 rings (SSSR count). The third-order valence-corrected chi connectivity index (χ3v) is 35.5. The highest BCUT2D eigenvalue weighted by atomic mass is 32.7. The van der Waals surface area contributed by atoms with E-state index in [4.69, 9.17) is 208 Å². The number of hydrogen-bond donors (Lipinski definition) is 9. The van der Waals surface area contributed by atoms with Crippen LogP contribution in [0.15, 0.2) is 93.2 Å². The number of ether oxygens (including phenoxy) is 7. The Balaban J connectivity index is 0.565. The van der Waals surface area contributed by atoms with Crippen molar-refractivity contribution in [2.75, 3.05) is 75.4 Å². The quantitative estimate of drug-likeness (QED) is 0.0150. The average Bonchev–Trinajstić information content (AvgIpc) is 1.61. The highest BCUT2D eigenvalue weighted by Gasteiger charge is 2.52. The predicted octanol–water partition coefficient (Wildman–Crippen LogP) is -1.83. The van der Waals surface area contributed by atoms with Crippen LogP contribution in [-0.2, 0) is 184 Å². The number of nitrogens with zero attached hydrogens (tertiary/aromatic N) is 20. The molecule has 7 fully saturated rings. The summed E-state index contributed by atoms with van der Waals surface area (Å²) in [5.41, 5.74) is 28.4. The highest BCUT2D eigenvalue weighted by molar-refractivity contribution is 8.32. The molecule has 61 nitrogen and oxygen atoms in total. The molecule has 7 aliphatic heterocycles. The zero-order valence-electron chi connectivity index (χ0n) is 76.5. The lowest BCUT2D eigenvalue weighted by Gasteiger charge is -2.37. The first-order valence-corrected chi connectivity index (χ1v) is 61.9. The Hall–Kier alpha value is -7.20. The maximum absolute atomic E-state index is 15.1. The van der Waals surface area contributed by atoms with Crippen molar-refractivity contribution in [1.29, 1.82) is 0 Å². The van der Waals surface area contributed by atoms with Gasteiger partial charge in [-0.3, -0.25) is 56.1 Å². The van der Waals surface area contributed by atoms with Crippen molar-refractivity contribution in [2.24, 2.45) is 0 Å². The third kappa shape index (κ3) is 24.6. The molecule has 14 N–H and O–H groups in total. The second-order valence-corrected chi connectivity index (χ2v) is 53.1. The van der Waals surface area contributed by atoms with Crippen molar-refractivity contribution in [2.45, 2.75) is 208 Å². The largest absolute Gasteiger partial charge is 0.780 e. The number of aliphatic hydroxyl groups is 1. The topological polar surface area (TPSA) is 816 Å². The van der Waals surface area contributed by atoms with Gasteiger partial charge in [0.1, 0.15) is 173 Å². The van der Waals surface area contributed by atoms with Gasteiger partial charge in [-0.25, -0.2) is 74.2 Å². The number of imidazole rings is 4. The number of nitrogen functional groups attached to an aromatic ring is 5. The first kappa shape index (κ1) is 110. The summed E-state index contributed by atoms with van der Waals surface area (Å²) in [5.74, 6) is -0.287. The van der Waals surface area contributed by atoms with Crippen molar-refractivity contribution >= 4 is 204 Å². The summed E-state index contributed by atoms with van der Waals surface area (Å²) in [4.78, 5) is 208. The number of aromatic nitrogens is 22. The van der Waals surface area contributed by atoms with Crippen molar-refractivity contribution in [3.8, 4) is 0 Å². The fourth-order valence-corrected chi connectivity index (χ4v) is 27.0. The van der Waals surface area contributed by atoms with Gasteiger partial charge >= 0.3 is 23.8 Å². The fourth-order valence-electron chi connectivity index (χ4n) is 17.3. The van der Waals surface area contributed by atoms with Crippen molar-refractivity contribution in [3.63, 3.8) is 0 Å². The molecule has 11 aromatic heterocycles. The van der Waals surface area contributed by atoms with E-state index in [2.05, 4.69) is 74.8 Å². The number of fused-ring (bicyclic) bond motifs is 4. The number of aryl methyl sites for hydroxylation is 3.